The van der Waals surface area contributed by atoms with Crippen molar-refractivity contribution in [2.24, 2.45) is 5.84 Å². The molecule has 0 aliphatic carbocycles. The number of halogens is 2. The molecule has 0 saturated carbocycles. The molecule has 1 aromatic heterocycles. The number of hydrazine groups is 2. The van der Waals surface area contributed by atoms with Crippen LogP contribution >= 0.6 is 23.2 Å². The molecule has 102 valence electrons. The molecule has 0 atom stereocenters. The summed E-state index contributed by atoms with van der Waals surface area (Å²) in [5, 5.41) is 2.57. The monoisotopic (exact) mass is 306 g/mol. The van der Waals surface area contributed by atoms with E-state index >= 15 is 0 Å². The molecule has 20 heavy (non-hydrogen) atoms. The van der Waals surface area contributed by atoms with Gasteiger partial charge in [0, 0.05) is 16.2 Å². The largest absolute Gasteiger partial charge is 0.303 e. The number of hydrogen-bond donors (Lipinski definition) is 2. The quantitative estimate of drug-likeness (QED) is 0.627. The van der Waals surface area contributed by atoms with Crippen LogP contribution in [0.4, 0.5) is 5.69 Å². The molecule has 0 unspecified atom stereocenters. The fourth-order valence-corrected chi connectivity index (χ4v) is 2.52. The van der Waals surface area contributed by atoms with Crippen LogP contribution in [0.3, 0.4) is 0 Å². The van der Waals surface area contributed by atoms with Crippen molar-refractivity contribution in [3.63, 3.8) is 0 Å². The van der Waals surface area contributed by atoms with Crippen molar-refractivity contribution in [3.8, 4) is 0 Å². The molecular formula is C14H12Cl2N4. The van der Waals surface area contributed by atoms with E-state index in [1.165, 1.54) is 5.12 Å². The number of benzene rings is 1. The van der Waals surface area contributed by atoms with Gasteiger partial charge in [-0.1, -0.05) is 47.5 Å². The fourth-order valence-electron chi connectivity index (χ4n) is 2.13. The van der Waals surface area contributed by atoms with Gasteiger partial charge >= 0.3 is 0 Å². The zero-order chi connectivity index (χ0) is 14.1. The molecular weight excluding hydrogens is 295 g/mol. The summed E-state index contributed by atoms with van der Waals surface area (Å²) in [6, 6.07) is 11.2. The minimum atomic E-state index is 0.425. The molecule has 0 fully saturated rings. The average molecular weight is 307 g/mol. The number of anilines is 1. The Balaban J connectivity index is 2.21. The Morgan fingerprint density at radius 2 is 1.95 bits per heavy atom. The molecule has 0 saturated heterocycles. The second-order valence-electron chi connectivity index (χ2n) is 4.39. The standard InChI is InChI=1S/C14H12Cl2N4/c15-11-4-2-1-3-9(11)10-7-8-20(17)19-12-5-6-13(16)18-14(10)12/h1-7,19H,8,17H2. The van der Waals surface area contributed by atoms with Gasteiger partial charge in [-0.05, 0) is 18.2 Å². The number of fused-ring (bicyclic) bond motifs is 1. The van der Waals surface area contributed by atoms with E-state index in [-0.39, 0.29) is 0 Å². The third-order valence-corrected chi connectivity index (χ3v) is 3.58. The van der Waals surface area contributed by atoms with E-state index in [2.05, 4.69) is 10.4 Å². The highest BCUT2D eigenvalue weighted by molar-refractivity contribution is 6.32. The fraction of sp³-hybridized carbons (Fsp3) is 0.0714. The topological polar surface area (TPSA) is 54.2 Å². The Hall–Kier alpha value is -1.59. The van der Waals surface area contributed by atoms with Crippen molar-refractivity contribution in [2.75, 3.05) is 12.0 Å². The molecule has 3 N–H and O–H groups in total. The van der Waals surface area contributed by atoms with Gasteiger partial charge in [-0.15, -0.1) is 0 Å². The number of aromatic nitrogens is 1. The lowest BCUT2D eigenvalue weighted by Gasteiger charge is -2.16. The Labute approximate surface area is 126 Å². The lowest BCUT2D eigenvalue weighted by molar-refractivity contribution is 0.384. The van der Waals surface area contributed by atoms with Crippen LogP contribution < -0.4 is 11.3 Å². The molecule has 3 rings (SSSR count). The molecule has 0 radical (unpaired) electrons. The Morgan fingerprint density at radius 1 is 1.15 bits per heavy atom. The zero-order valence-corrected chi connectivity index (χ0v) is 12.0. The molecule has 1 aliphatic heterocycles. The number of nitrogens with one attached hydrogen (secondary N) is 1. The second-order valence-corrected chi connectivity index (χ2v) is 5.19. The molecule has 6 heteroatoms. The van der Waals surface area contributed by atoms with Gasteiger partial charge in [0.05, 0.1) is 17.9 Å². The predicted octanol–water partition coefficient (Wildman–Crippen LogP) is 3.34. The highest BCUT2D eigenvalue weighted by Gasteiger charge is 2.18. The van der Waals surface area contributed by atoms with Crippen molar-refractivity contribution in [1.29, 1.82) is 0 Å². The van der Waals surface area contributed by atoms with Crippen LogP contribution in [0.15, 0.2) is 42.5 Å². The summed E-state index contributed by atoms with van der Waals surface area (Å²) < 4.78 is 0. The first-order valence-corrected chi connectivity index (χ1v) is 6.81. The van der Waals surface area contributed by atoms with Gasteiger partial charge in [0.25, 0.3) is 0 Å². The van der Waals surface area contributed by atoms with Crippen LogP contribution in [0, 0.1) is 0 Å². The van der Waals surface area contributed by atoms with Crippen molar-refractivity contribution in [2.45, 2.75) is 0 Å². The lowest BCUT2D eigenvalue weighted by Crippen LogP contribution is -2.36. The van der Waals surface area contributed by atoms with Gasteiger partial charge in [0.2, 0.25) is 0 Å². The second kappa shape index (κ2) is 5.42. The summed E-state index contributed by atoms with van der Waals surface area (Å²) in [7, 11) is 0. The first-order valence-electron chi connectivity index (χ1n) is 6.06. The zero-order valence-electron chi connectivity index (χ0n) is 10.5. The third-order valence-electron chi connectivity index (χ3n) is 3.04. The summed E-state index contributed by atoms with van der Waals surface area (Å²) in [5.74, 6) is 5.85. The molecule has 1 aromatic carbocycles. The van der Waals surface area contributed by atoms with Crippen LogP contribution in [0.2, 0.25) is 10.2 Å². The van der Waals surface area contributed by atoms with Gasteiger partial charge in [-0.3, -0.25) is 5.84 Å². The van der Waals surface area contributed by atoms with Crippen LogP contribution in [0.5, 0.6) is 0 Å². The number of hydrogen-bond acceptors (Lipinski definition) is 4. The van der Waals surface area contributed by atoms with E-state index in [4.69, 9.17) is 29.0 Å². The number of pyridine rings is 1. The van der Waals surface area contributed by atoms with Crippen LogP contribution in [-0.4, -0.2) is 16.6 Å². The Bertz CT molecular complexity index is 685. The van der Waals surface area contributed by atoms with E-state index < -0.39 is 0 Å². The lowest BCUT2D eigenvalue weighted by atomic mass is 10.0. The molecule has 0 spiro atoms. The summed E-state index contributed by atoms with van der Waals surface area (Å²) in [4.78, 5) is 4.40. The Kier molecular flexibility index (Phi) is 3.63. The minimum absolute atomic E-state index is 0.425. The van der Waals surface area contributed by atoms with Gasteiger partial charge < -0.3 is 5.43 Å². The third kappa shape index (κ3) is 2.51. The van der Waals surface area contributed by atoms with E-state index in [0.717, 1.165) is 22.5 Å². The SMILES string of the molecule is NN1CC=C(c2ccccc2Cl)c2nc(Cl)ccc2N1. The summed E-state index contributed by atoms with van der Waals surface area (Å²) >= 11 is 12.3. The summed E-state index contributed by atoms with van der Waals surface area (Å²) in [5.41, 5.74) is 6.41. The number of nitrogens with two attached hydrogens (primary N) is 1. The van der Waals surface area contributed by atoms with Gasteiger partial charge in [-0.2, -0.15) is 5.12 Å². The highest BCUT2D eigenvalue weighted by Crippen LogP contribution is 2.34. The minimum Gasteiger partial charge on any atom is -0.303 e. The van der Waals surface area contributed by atoms with Crippen molar-refractivity contribution in [1.82, 2.24) is 10.1 Å². The van der Waals surface area contributed by atoms with Gasteiger partial charge in [-0.25, -0.2) is 4.98 Å². The van der Waals surface area contributed by atoms with Crippen LogP contribution in [-0.2, 0) is 0 Å². The predicted molar refractivity (Wildman–Crippen MR) is 82.3 cm³/mol. The highest BCUT2D eigenvalue weighted by atomic mass is 35.5. The molecule has 0 bridgehead atoms. The Morgan fingerprint density at radius 3 is 2.75 bits per heavy atom. The van der Waals surface area contributed by atoms with E-state index in [0.29, 0.717) is 16.7 Å². The van der Waals surface area contributed by atoms with Gasteiger partial charge in [0.1, 0.15) is 5.15 Å². The van der Waals surface area contributed by atoms with Crippen molar-refractivity contribution in [3.05, 3.63) is 63.9 Å². The molecule has 2 aromatic rings. The van der Waals surface area contributed by atoms with Crippen LogP contribution in [0.25, 0.3) is 5.57 Å². The van der Waals surface area contributed by atoms with Crippen LogP contribution in [0.1, 0.15) is 11.3 Å². The van der Waals surface area contributed by atoms with Crippen molar-refractivity contribution >= 4 is 34.5 Å². The normalized spacial score (nSPS) is 15.1. The molecule has 1 aliphatic rings. The molecule has 2 heterocycles. The first kappa shape index (κ1) is 13.4. The maximum atomic E-state index is 6.29. The summed E-state index contributed by atoms with van der Waals surface area (Å²) in [6.45, 7) is 0.522. The average Bonchev–Trinajstić information content (AvgIpc) is 2.58. The number of nitrogens with zero attached hydrogens (tertiary/aromatic N) is 2. The van der Waals surface area contributed by atoms with E-state index in [1.54, 1.807) is 6.07 Å². The smallest absolute Gasteiger partial charge is 0.129 e. The van der Waals surface area contributed by atoms with Gasteiger partial charge in [0.15, 0.2) is 0 Å². The summed E-state index contributed by atoms with van der Waals surface area (Å²) in [6.07, 6.45) is 1.98. The number of rotatable bonds is 1. The maximum absolute atomic E-state index is 6.29. The van der Waals surface area contributed by atoms with E-state index in [1.807, 2.05) is 36.4 Å². The van der Waals surface area contributed by atoms with Crippen molar-refractivity contribution < 1.29 is 0 Å². The molecule has 4 nitrogen and oxygen atoms in total. The van der Waals surface area contributed by atoms with E-state index in [9.17, 15) is 0 Å². The first-order chi connectivity index (χ1) is 9.65. The molecule has 0 amide bonds. The maximum Gasteiger partial charge on any atom is 0.129 e.